The molecule has 0 bridgehead atoms. The number of aliphatic hydroxyl groups is 1. The molecule has 3 unspecified atom stereocenters. The summed E-state index contributed by atoms with van der Waals surface area (Å²) in [5, 5.41) is 11.7. The second kappa shape index (κ2) is 18.7. The van der Waals surface area contributed by atoms with Crippen LogP contribution in [0, 0.1) is 6.92 Å². The second-order valence-electron chi connectivity index (χ2n) is 10.1. The largest absolute Gasteiger partial charge is 0.386 e. The van der Waals surface area contributed by atoms with Crippen molar-refractivity contribution >= 4 is 15.9 Å². The van der Waals surface area contributed by atoms with E-state index in [0.29, 0.717) is 33.0 Å². The molecule has 0 spiro atoms. The minimum absolute atomic E-state index is 0.328. The number of unbranched alkanes of at least 4 members (excludes halogenated alkanes) is 4. The van der Waals surface area contributed by atoms with E-state index in [0.717, 1.165) is 67.0 Å². The molecule has 1 aromatic carbocycles. The van der Waals surface area contributed by atoms with Crippen LogP contribution >= 0.6 is 15.9 Å². The number of hydrogen-bond donors (Lipinski definition) is 1. The summed E-state index contributed by atoms with van der Waals surface area (Å²) in [6, 6.07) is 5.93. The molecule has 0 radical (unpaired) electrons. The van der Waals surface area contributed by atoms with Crippen LogP contribution in [0.3, 0.4) is 0 Å². The van der Waals surface area contributed by atoms with Crippen molar-refractivity contribution in [1.82, 2.24) is 0 Å². The maximum Gasteiger partial charge on any atom is 0.117 e. The zero-order chi connectivity index (χ0) is 27.0. The predicted molar refractivity (Wildman–Crippen MR) is 152 cm³/mol. The number of rotatable bonds is 19. The molecule has 7 heteroatoms. The molecule has 214 valence electrons. The van der Waals surface area contributed by atoms with Crippen LogP contribution < -0.4 is 0 Å². The fraction of sp³-hybridized carbons (Fsp3) is 0.800. The third-order valence-corrected chi connectivity index (χ3v) is 7.37. The van der Waals surface area contributed by atoms with Gasteiger partial charge in [-0.1, -0.05) is 75.4 Å². The molecule has 1 N–H and O–H groups in total. The lowest BCUT2D eigenvalue weighted by Crippen LogP contribution is -2.62. The third kappa shape index (κ3) is 10.5. The average molecular weight is 588 g/mol. The first-order valence-corrected chi connectivity index (χ1v) is 15.3. The molecule has 1 heterocycles. The summed E-state index contributed by atoms with van der Waals surface area (Å²) in [5.74, 6) is 0. The first kappa shape index (κ1) is 32.7. The first-order chi connectivity index (χ1) is 18.0. The molecule has 6 nitrogen and oxygen atoms in total. The van der Waals surface area contributed by atoms with Crippen molar-refractivity contribution in [2.24, 2.45) is 0 Å². The zero-order valence-electron chi connectivity index (χ0n) is 23.8. The summed E-state index contributed by atoms with van der Waals surface area (Å²) in [4.78, 5) is 0. The Morgan fingerprint density at radius 3 is 1.92 bits per heavy atom. The average Bonchev–Trinajstić information content (AvgIpc) is 2.88. The van der Waals surface area contributed by atoms with Gasteiger partial charge in [-0.05, 0) is 55.9 Å². The molecular weight excluding hydrogens is 536 g/mol. The quantitative estimate of drug-likeness (QED) is 0.177. The van der Waals surface area contributed by atoms with E-state index in [-0.39, 0.29) is 18.3 Å². The molecule has 0 amide bonds. The van der Waals surface area contributed by atoms with Gasteiger partial charge in [0.2, 0.25) is 0 Å². The van der Waals surface area contributed by atoms with Gasteiger partial charge >= 0.3 is 0 Å². The van der Waals surface area contributed by atoms with Crippen molar-refractivity contribution in [2.75, 3.05) is 33.0 Å². The Bertz CT molecular complexity index is 732. The van der Waals surface area contributed by atoms with Crippen LogP contribution in [0.25, 0.3) is 0 Å². The van der Waals surface area contributed by atoms with Crippen LogP contribution in [-0.2, 0) is 23.7 Å². The first-order valence-electron chi connectivity index (χ1n) is 14.5. The van der Waals surface area contributed by atoms with E-state index >= 15 is 0 Å². The Balaban J connectivity index is 2.42. The Hall–Kier alpha value is -0.540. The van der Waals surface area contributed by atoms with Gasteiger partial charge in [0.25, 0.3) is 0 Å². The number of aryl methyl sites for hydroxylation is 1. The van der Waals surface area contributed by atoms with Crippen molar-refractivity contribution in [3.63, 3.8) is 0 Å². The Kier molecular flexibility index (Phi) is 16.5. The molecule has 0 aliphatic carbocycles. The van der Waals surface area contributed by atoms with Gasteiger partial charge in [-0.3, -0.25) is 0 Å². The summed E-state index contributed by atoms with van der Waals surface area (Å²) >= 11 is 3.54. The monoisotopic (exact) mass is 586 g/mol. The molecule has 1 aliphatic heterocycles. The molecule has 1 fully saturated rings. The highest BCUT2D eigenvalue weighted by molar-refractivity contribution is 9.10. The molecular formula is C30H51BrO6. The van der Waals surface area contributed by atoms with Crippen LogP contribution in [0.2, 0.25) is 0 Å². The number of benzene rings is 1. The van der Waals surface area contributed by atoms with E-state index < -0.39 is 18.3 Å². The molecule has 6 atom stereocenters. The molecule has 0 aromatic heterocycles. The Labute approximate surface area is 233 Å². The predicted octanol–water partition coefficient (Wildman–Crippen LogP) is 6.93. The van der Waals surface area contributed by atoms with Gasteiger partial charge in [-0.25, -0.2) is 0 Å². The normalized spacial score (nSPS) is 24.9. The van der Waals surface area contributed by atoms with Crippen LogP contribution in [0.1, 0.15) is 96.3 Å². The fourth-order valence-corrected chi connectivity index (χ4v) is 5.07. The van der Waals surface area contributed by atoms with E-state index in [4.69, 9.17) is 23.7 Å². The highest BCUT2D eigenvalue weighted by Gasteiger charge is 2.50. The summed E-state index contributed by atoms with van der Waals surface area (Å²) in [6.07, 6.45) is 5.07. The van der Waals surface area contributed by atoms with Crippen LogP contribution in [0.5, 0.6) is 0 Å². The summed E-state index contributed by atoms with van der Waals surface area (Å²) in [5.41, 5.74) is 1.83. The number of ether oxygens (including phenoxy) is 5. The van der Waals surface area contributed by atoms with Crippen molar-refractivity contribution in [3.8, 4) is 0 Å². The molecule has 37 heavy (non-hydrogen) atoms. The van der Waals surface area contributed by atoms with E-state index in [1.807, 2.05) is 25.1 Å². The number of hydrogen-bond acceptors (Lipinski definition) is 6. The van der Waals surface area contributed by atoms with E-state index in [1.54, 1.807) is 0 Å². The molecule has 2 rings (SSSR count). The van der Waals surface area contributed by atoms with E-state index in [9.17, 15) is 5.11 Å². The molecule has 1 aliphatic rings. The van der Waals surface area contributed by atoms with Crippen LogP contribution in [-0.4, -0.2) is 68.7 Å². The minimum atomic E-state index is -0.869. The second-order valence-corrected chi connectivity index (χ2v) is 11.0. The van der Waals surface area contributed by atoms with Crippen molar-refractivity contribution in [2.45, 2.75) is 123 Å². The molecule has 1 saturated heterocycles. The summed E-state index contributed by atoms with van der Waals surface area (Å²) in [7, 11) is 0. The lowest BCUT2D eigenvalue weighted by atomic mass is 9.88. The van der Waals surface area contributed by atoms with E-state index in [1.165, 1.54) is 0 Å². The number of halogens is 1. The molecule has 1 aromatic rings. The summed E-state index contributed by atoms with van der Waals surface area (Å²) in [6.45, 7) is 13.5. The maximum absolute atomic E-state index is 11.7. The maximum atomic E-state index is 11.7. The standard InChI is InChI=1S/C30H51BrO6/c1-6-10-16-33-21-25-27(34-17-11-7-2)29(35-18-12-8-3)30(36-19-13-9-4)28(37-25)26(32)24-15-14-23(31)20-22(24)5/h14-15,20,25-30,32H,6-13,16-19,21H2,1-5H3/t25?,26-,27+,28+,29?,30?/m0/s1. The van der Waals surface area contributed by atoms with Crippen molar-refractivity contribution in [1.29, 1.82) is 0 Å². The van der Waals surface area contributed by atoms with Crippen LogP contribution in [0.4, 0.5) is 0 Å². The Morgan fingerprint density at radius 2 is 1.35 bits per heavy atom. The van der Waals surface area contributed by atoms with Gasteiger partial charge in [-0.2, -0.15) is 0 Å². The SMILES string of the molecule is CCCCOCC1O[C@H]([C@@H](O)c2ccc(Br)cc2C)C(OCCCC)C(OCCCC)[C@@H]1OCCCC. The third-order valence-electron chi connectivity index (χ3n) is 6.88. The minimum Gasteiger partial charge on any atom is -0.386 e. The van der Waals surface area contributed by atoms with Gasteiger partial charge in [0.15, 0.2) is 0 Å². The van der Waals surface area contributed by atoms with Gasteiger partial charge in [0.05, 0.1) is 6.61 Å². The Morgan fingerprint density at radius 1 is 0.811 bits per heavy atom. The van der Waals surface area contributed by atoms with Gasteiger partial charge < -0.3 is 28.8 Å². The van der Waals surface area contributed by atoms with E-state index in [2.05, 4.69) is 43.6 Å². The highest BCUT2D eigenvalue weighted by atomic mass is 79.9. The summed E-state index contributed by atoms with van der Waals surface area (Å²) < 4.78 is 33.1. The molecule has 0 saturated carbocycles. The smallest absolute Gasteiger partial charge is 0.117 e. The zero-order valence-corrected chi connectivity index (χ0v) is 25.3. The van der Waals surface area contributed by atoms with Crippen molar-refractivity contribution < 1.29 is 28.8 Å². The number of aliphatic hydroxyl groups excluding tert-OH is 1. The van der Waals surface area contributed by atoms with Gasteiger partial charge in [-0.15, -0.1) is 0 Å². The highest BCUT2D eigenvalue weighted by Crippen LogP contribution is 2.36. The van der Waals surface area contributed by atoms with Crippen LogP contribution in [0.15, 0.2) is 22.7 Å². The topological polar surface area (TPSA) is 66.4 Å². The lowest BCUT2D eigenvalue weighted by Gasteiger charge is -2.47. The fourth-order valence-electron chi connectivity index (χ4n) is 4.60. The van der Waals surface area contributed by atoms with Gasteiger partial charge in [0, 0.05) is 30.9 Å². The van der Waals surface area contributed by atoms with Crippen molar-refractivity contribution in [3.05, 3.63) is 33.8 Å². The van der Waals surface area contributed by atoms with Gasteiger partial charge in [0.1, 0.15) is 36.6 Å². The lowest BCUT2D eigenvalue weighted by molar-refractivity contribution is -0.281.